The lowest BCUT2D eigenvalue weighted by atomic mass is 10.1. The number of rotatable bonds is 5. The zero-order valence-corrected chi connectivity index (χ0v) is 9.64. The zero-order valence-electron chi connectivity index (χ0n) is 8.82. The van der Waals surface area contributed by atoms with E-state index in [1.165, 1.54) is 6.07 Å². The fourth-order valence-electron chi connectivity index (χ4n) is 1.46. The predicted octanol–water partition coefficient (Wildman–Crippen LogP) is 2.61. The molecule has 0 amide bonds. The third-order valence-corrected chi connectivity index (χ3v) is 3.07. The second-order valence-electron chi connectivity index (χ2n) is 3.44. The van der Waals surface area contributed by atoms with Crippen LogP contribution in [0.15, 0.2) is 35.8 Å². The minimum Gasteiger partial charge on any atom is -0.310 e. The number of hydrogen-bond acceptors (Lipinski definition) is 3. The van der Waals surface area contributed by atoms with Crippen molar-refractivity contribution < 1.29 is 4.39 Å². The van der Waals surface area contributed by atoms with Gasteiger partial charge in [-0.1, -0.05) is 18.2 Å². The average molecular weight is 236 g/mol. The van der Waals surface area contributed by atoms with Crippen LogP contribution in [-0.4, -0.2) is 11.5 Å². The summed E-state index contributed by atoms with van der Waals surface area (Å²) in [5.41, 5.74) is 0.758. The van der Waals surface area contributed by atoms with Crippen LogP contribution >= 0.6 is 11.3 Å². The van der Waals surface area contributed by atoms with E-state index in [1.807, 2.05) is 17.5 Å². The Morgan fingerprint density at radius 1 is 1.31 bits per heavy atom. The fraction of sp³-hybridized carbons (Fsp3) is 0.250. The van der Waals surface area contributed by atoms with Gasteiger partial charge in [0, 0.05) is 18.1 Å². The van der Waals surface area contributed by atoms with E-state index in [1.54, 1.807) is 23.6 Å². The summed E-state index contributed by atoms with van der Waals surface area (Å²) in [4.78, 5) is 4.16. The van der Waals surface area contributed by atoms with Gasteiger partial charge in [-0.2, -0.15) is 0 Å². The highest BCUT2D eigenvalue weighted by atomic mass is 32.1. The van der Waals surface area contributed by atoms with Crippen LogP contribution in [-0.2, 0) is 13.0 Å². The third kappa shape index (κ3) is 3.12. The normalized spacial score (nSPS) is 10.6. The van der Waals surface area contributed by atoms with Gasteiger partial charge >= 0.3 is 0 Å². The molecule has 0 spiro atoms. The molecule has 0 aliphatic carbocycles. The molecule has 1 aromatic heterocycles. The van der Waals surface area contributed by atoms with Gasteiger partial charge < -0.3 is 5.32 Å². The van der Waals surface area contributed by atoms with Crippen molar-refractivity contribution in [1.29, 1.82) is 0 Å². The van der Waals surface area contributed by atoms with Crippen molar-refractivity contribution in [3.8, 4) is 0 Å². The van der Waals surface area contributed by atoms with Crippen LogP contribution in [0.1, 0.15) is 10.6 Å². The summed E-state index contributed by atoms with van der Waals surface area (Å²) in [6, 6.07) is 6.89. The maximum Gasteiger partial charge on any atom is 0.126 e. The van der Waals surface area contributed by atoms with E-state index >= 15 is 0 Å². The van der Waals surface area contributed by atoms with Crippen molar-refractivity contribution in [3.05, 3.63) is 52.2 Å². The molecule has 0 saturated heterocycles. The Balaban J connectivity index is 1.74. The van der Waals surface area contributed by atoms with Gasteiger partial charge in [0.15, 0.2) is 0 Å². The van der Waals surface area contributed by atoms with Crippen LogP contribution in [0.3, 0.4) is 0 Å². The van der Waals surface area contributed by atoms with Crippen molar-refractivity contribution in [1.82, 2.24) is 10.3 Å². The van der Waals surface area contributed by atoms with Crippen LogP contribution in [0.5, 0.6) is 0 Å². The molecule has 1 heterocycles. The molecule has 0 fully saturated rings. The lowest BCUT2D eigenvalue weighted by Crippen LogP contribution is -2.16. The van der Waals surface area contributed by atoms with Crippen LogP contribution < -0.4 is 5.32 Å². The molecule has 1 N–H and O–H groups in total. The molecule has 0 aliphatic heterocycles. The SMILES string of the molecule is Fc1ccccc1CCNCc1nccs1. The number of benzene rings is 1. The van der Waals surface area contributed by atoms with Gasteiger partial charge in [0.05, 0.1) is 0 Å². The molecule has 2 nitrogen and oxygen atoms in total. The Morgan fingerprint density at radius 2 is 2.19 bits per heavy atom. The molecule has 2 aromatic rings. The highest BCUT2D eigenvalue weighted by Gasteiger charge is 2.00. The van der Waals surface area contributed by atoms with Gasteiger partial charge in [0.1, 0.15) is 10.8 Å². The monoisotopic (exact) mass is 236 g/mol. The first kappa shape index (κ1) is 11.2. The fourth-order valence-corrected chi connectivity index (χ4v) is 2.05. The summed E-state index contributed by atoms with van der Waals surface area (Å²) in [5, 5.41) is 6.26. The molecular formula is C12H13FN2S. The van der Waals surface area contributed by atoms with E-state index in [2.05, 4.69) is 10.3 Å². The minimum atomic E-state index is -0.126. The second kappa shape index (κ2) is 5.72. The molecule has 0 bridgehead atoms. The van der Waals surface area contributed by atoms with Gasteiger partial charge in [-0.25, -0.2) is 9.37 Å². The average Bonchev–Trinajstić information content (AvgIpc) is 2.79. The molecule has 16 heavy (non-hydrogen) atoms. The first-order valence-corrected chi connectivity index (χ1v) is 6.07. The zero-order chi connectivity index (χ0) is 11.2. The Hall–Kier alpha value is -1.26. The van der Waals surface area contributed by atoms with Gasteiger partial charge in [-0.05, 0) is 24.6 Å². The molecule has 0 saturated carbocycles. The maximum absolute atomic E-state index is 13.3. The van der Waals surface area contributed by atoms with E-state index in [4.69, 9.17) is 0 Å². The quantitative estimate of drug-likeness (QED) is 0.807. The van der Waals surface area contributed by atoms with Crippen LogP contribution in [0.4, 0.5) is 4.39 Å². The van der Waals surface area contributed by atoms with Gasteiger partial charge in [0.2, 0.25) is 0 Å². The summed E-state index contributed by atoms with van der Waals surface area (Å²) in [6.45, 7) is 1.52. The Morgan fingerprint density at radius 3 is 2.94 bits per heavy atom. The third-order valence-electron chi connectivity index (χ3n) is 2.29. The lowest BCUT2D eigenvalue weighted by molar-refractivity contribution is 0.597. The predicted molar refractivity (Wildman–Crippen MR) is 63.9 cm³/mol. The highest BCUT2D eigenvalue weighted by molar-refractivity contribution is 7.09. The van der Waals surface area contributed by atoms with Gasteiger partial charge in [-0.15, -0.1) is 11.3 Å². The number of hydrogen-bond donors (Lipinski definition) is 1. The Kier molecular flexibility index (Phi) is 4.02. The van der Waals surface area contributed by atoms with Crippen molar-refractivity contribution in [2.45, 2.75) is 13.0 Å². The molecule has 2 rings (SSSR count). The van der Waals surface area contributed by atoms with Crippen LogP contribution in [0.25, 0.3) is 0 Å². The molecule has 1 aromatic carbocycles. The Bertz CT molecular complexity index is 428. The number of aromatic nitrogens is 1. The summed E-state index contributed by atoms with van der Waals surface area (Å²) in [7, 11) is 0. The van der Waals surface area contributed by atoms with Crippen LogP contribution in [0, 0.1) is 5.82 Å². The van der Waals surface area contributed by atoms with E-state index in [0.29, 0.717) is 6.42 Å². The number of halogens is 1. The van der Waals surface area contributed by atoms with Gasteiger partial charge in [-0.3, -0.25) is 0 Å². The molecular weight excluding hydrogens is 223 g/mol. The molecule has 0 radical (unpaired) electrons. The molecule has 4 heteroatoms. The summed E-state index contributed by atoms with van der Waals surface area (Å²) >= 11 is 1.62. The minimum absolute atomic E-state index is 0.126. The van der Waals surface area contributed by atoms with E-state index in [0.717, 1.165) is 23.7 Å². The van der Waals surface area contributed by atoms with Gasteiger partial charge in [0.25, 0.3) is 0 Å². The van der Waals surface area contributed by atoms with Crippen molar-refractivity contribution >= 4 is 11.3 Å². The largest absolute Gasteiger partial charge is 0.310 e. The van der Waals surface area contributed by atoms with E-state index in [9.17, 15) is 4.39 Å². The Labute approximate surface area is 98.2 Å². The number of nitrogens with zero attached hydrogens (tertiary/aromatic N) is 1. The summed E-state index contributed by atoms with van der Waals surface area (Å²) in [6.07, 6.45) is 2.50. The number of thiazole rings is 1. The topological polar surface area (TPSA) is 24.9 Å². The van der Waals surface area contributed by atoms with E-state index in [-0.39, 0.29) is 5.82 Å². The molecule has 84 valence electrons. The standard InChI is InChI=1S/C12H13FN2S/c13-11-4-2-1-3-10(11)5-6-14-9-12-15-7-8-16-12/h1-4,7-8,14H,5-6,9H2. The first-order valence-electron chi connectivity index (χ1n) is 5.19. The highest BCUT2D eigenvalue weighted by Crippen LogP contribution is 2.07. The van der Waals surface area contributed by atoms with E-state index < -0.39 is 0 Å². The molecule has 0 atom stereocenters. The summed E-state index contributed by atoms with van der Waals surface area (Å²) < 4.78 is 13.3. The smallest absolute Gasteiger partial charge is 0.126 e. The molecule has 0 aliphatic rings. The van der Waals surface area contributed by atoms with Crippen molar-refractivity contribution in [2.24, 2.45) is 0 Å². The first-order chi connectivity index (χ1) is 7.86. The number of nitrogens with one attached hydrogen (secondary N) is 1. The summed E-state index contributed by atoms with van der Waals surface area (Å²) in [5.74, 6) is -0.126. The van der Waals surface area contributed by atoms with Crippen molar-refractivity contribution in [2.75, 3.05) is 6.54 Å². The molecule has 0 unspecified atom stereocenters. The second-order valence-corrected chi connectivity index (χ2v) is 4.42. The lowest BCUT2D eigenvalue weighted by Gasteiger charge is -2.03. The van der Waals surface area contributed by atoms with Crippen LogP contribution in [0.2, 0.25) is 0 Å². The maximum atomic E-state index is 13.3. The van der Waals surface area contributed by atoms with Crippen molar-refractivity contribution in [3.63, 3.8) is 0 Å².